The summed E-state index contributed by atoms with van der Waals surface area (Å²) in [5.41, 5.74) is 4.87. The van der Waals surface area contributed by atoms with Crippen molar-refractivity contribution in [3.05, 3.63) is 28.8 Å². The Labute approximate surface area is 90.7 Å². The van der Waals surface area contributed by atoms with E-state index in [0.29, 0.717) is 6.42 Å². The lowest BCUT2D eigenvalue weighted by molar-refractivity contribution is -0.115. The number of unbranched alkanes of at least 4 members (excludes halogenated alkanes) is 1. The number of aryl methyl sites for hydroxylation is 2. The van der Waals surface area contributed by atoms with Gasteiger partial charge < -0.3 is 5.32 Å². The lowest BCUT2D eigenvalue weighted by atomic mass is 9.99. The van der Waals surface area contributed by atoms with Gasteiger partial charge in [0.1, 0.15) is 0 Å². The summed E-state index contributed by atoms with van der Waals surface area (Å²) in [5.74, 6) is 0.122. The van der Waals surface area contributed by atoms with Gasteiger partial charge >= 0.3 is 0 Å². The third-order valence-corrected chi connectivity index (χ3v) is 2.99. The highest BCUT2D eigenvalue weighted by atomic mass is 16.1. The molecule has 0 atom stereocenters. The number of carbonyl (C=O) groups excluding carboxylic acids is 1. The van der Waals surface area contributed by atoms with Crippen LogP contribution in [0.1, 0.15) is 36.5 Å². The Morgan fingerprint density at radius 3 is 2.93 bits per heavy atom. The number of hydrogen-bond acceptors (Lipinski definition) is 1. The zero-order valence-electron chi connectivity index (χ0n) is 9.39. The number of hydrogen-bond donors (Lipinski definition) is 1. The highest BCUT2D eigenvalue weighted by molar-refractivity contribution is 5.99. The van der Waals surface area contributed by atoms with E-state index in [1.807, 2.05) is 0 Å². The molecule has 1 aromatic rings. The molecule has 0 radical (unpaired) electrons. The van der Waals surface area contributed by atoms with Crippen LogP contribution in [0.15, 0.2) is 12.1 Å². The van der Waals surface area contributed by atoms with E-state index in [1.165, 1.54) is 24.0 Å². The van der Waals surface area contributed by atoms with Gasteiger partial charge in [-0.1, -0.05) is 19.4 Å². The molecule has 2 nitrogen and oxygen atoms in total. The van der Waals surface area contributed by atoms with Gasteiger partial charge in [0.05, 0.1) is 6.42 Å². The number of anilines is 1. The first-order valence-corrected chi connectivity index (χ1v) is 5.63. The van der Waals surface area contributed by atoms with E-state index in [1.54, 1.807) is 0 Å². The smallest absolute Gasteiger partial charge is 0.228 e. The molecule has 15 heavy (non-hydrogen) atoms. The van der Waals surface area contributed by atoms with Crippen molar-refractivity contribution in [2.75, 3.05) is 5.32 Å². The Morgan fingerprint density at radius 2 is 2.20 bits per heavy atom. The van der Waals surface area contributed by atoms with Crippen LogP contribution < -0.4 is 5.32 Å². The van der Waals surface area contributed by atoms with Crippen LogP contribution >= 0.6 is 0 Å². The molecule has 1 heterocycles. The second kappa shape index (κ2) is 4.05. The molecule has 2 heteroatoms. The average molecular weight is 203 g/mol. The first kappa shape index (κ1) is 10.2. The van der Waals surface area contributed by atoms with E-state index in [-0.39, 0.29) is 5.91 Å². The number of rotatable bonds is 3. The van der Waals surface area contributed by atoms with Crippen LogP contribution in [0.2, 0.25) is 0 Å². The van der Waals surface area contributed by atoms with Gasteiger partial charge in [0.15, 0.2) is 0 Å². The molecule has 0 unspecified atom stereocenters. The maximum atomic E-state index is 11.2. The second-order valence-electron chi connectivity index (χ2n) is 4.26. The average Bonchev–Trinajstić information content (AvgIpc) is 2.53. The van der Waals surface area contributed by atoms with Crippen LogP contribution in [0.4, 0.5) is 5.69 Å². The molecular weight excluding hydrogens is 186 g/mol. The van der Waals surface area contributed by atoms with E-state index in [9.17, 15) is 4.79 Å². The predicted octanol–water partition coefficient (Wildman–Crippen LogP) is 2.83. The van der Waals surface area contributed by atoms with Crippen molar-refractivity contribution in [3.8, 4) is 0 Å². The summed E-state index contributed by atoms with van der Waals surface area (Å²) in [6.07, 6.45) is 4.12. The van der Waals surface area contributed by atoms with Crippen molar-refractivity contribution < 1.29 is 4.79 Å². The molecule has 0 aliphatic carbocycles. The van der Waals surface area contributed by atoms with Gasteiger partial charge in [-0.3, -0.25) is 4.79 Å². The standard InChI is InChI=1S/C13H17NO/c1-3-4-5-10-7-11-8-13(15)14-12(11)6-9(10)2/h6-7H,3-5,8H2,1-2H3,(H,14,15). The van der Waals surface area contributed by atoms with Crippen LogP contribution in [0, 0.1) is 6.92 Å². The molecule has 0 saturated heterocycles. The molecule has 1 aliphatic rings. The summed E-state index contributed by atoms with van der Waals surface area (Å²) in [6.45, 7) is 4.32. The largest absolute Gasteiger partial charge is 0.326 e. The van der Waals surface area contributed by atoms with Gasteiger partial charge in [-0.2, -0.15) is 0 Å². The molecule has 0 spiro atoms. The highest BCUT2D eigenvalue weighted by Crippen LogP contribution is 2.27. The molecular formula is C13H17NO. The fourth-order valence-corrected chi connectivity index (χ4v) is 2.07. The topological polar surface area (TPSA) is 29.1 Å². The third kappa shape index (κ3) is 2.04. The number of benzene rings is 1. The first-order valence-electron chi connectivity index (χ1n) is 5.63. The predicted molar refractivity (Wildman–Crippen MR) is 62.1 cm³/mol. The Bertz CT molecular complexity index is 396. The van der Waals surface area contributed by atoms with Crippen molar-refractivity contribution in [2.24, 2.45) is 0 Å². The van der Waals surface area contributed by atoms with Crippen LogP contribution in [0.5, 0.6) is 0 Å². The number of nitrogens with one attached hydrogen (secondary N) is 1. The van der Waals surface area contributed by atoms with Gasteiger partial charge in [0, 0.05) is 5.69 Å². The summed E-state index contributed by atoms with van der Waals surface area (Å²) in [7, 11) is 0. The Morgan fingerprint density at radius 1 is 1.40 bits per heavy atom. The zero-order valence-corrected chi connectivity index (χ0v) is 9.39. The summed E-state index contributed by atoms with van der Waals surface area (Å²) in [5, 5.41) is 2.88. The van der Waals surface area contributed by atoms with Gasteiger partial charge in [0.25, 0.3) is 0 Å². The van der Waals surface area contributed by atoms with Crippen molar-refractivity contribution in [1.29, 1.82) is 0 Å². The Balaban J connectivity index is 2.27. The Kier molecular flexibility index (Phi) is 2.76. The molecule has 2 rings (SSSR count). The SMILES string of the molecule is CCCCc1cc2c(cc1C)NC(=O)C2. The molecule has 1 amide bonds. The van der Waals surface area contributed by atoms with E-state index < -0.39 is 0 Å². The lowest BCUT2D eigenvalue weighted by Gasteiger charge is -2.08. The Hall–Kier alpha value is -1.31. The molecule has 0 aromatic heterocycles. The van der Waals surface area contributed by atoms with Gasteiger partial charge in [0.2, 0.25) is 5.91 Å². The summed E-state index contributed by atoms with van der Waals surface area (Å²) in [4.78, 5) is 11.2. The fraction of sp³-hybridized carbons (Fsp3) is 0.462. The minimum absolute atomic E-state index is 0.122. The fourth-order valence-electron chi connectivity index (χ4n) is 2.07. The van der Waals surface area contributed by atoms with Crippen LogP contribution in [-0.4, -0.2) is 5.91 Å². The van der Waals surface area contributed by atoms with E-state index >= 15 is 0 Å². The first-order chi connectivity index (χ1) is 7.20. The van der Waals surface area contributed by atoms with Crippen LogP contribution in [-0.2, 0) is 17.6 Å². The number of amides is 1. The summed E-state index contributed by atoms with van der Waals surface area (Å²) in [6, 6.07) is 4.30. The molecule has 1 aliphatic heterocycles. The molecule has 0 saturated carbocycles. The maximum absolute atomic E-state index is 11.2. The second-order valence-corrected chi connectivity index (χ2v) is 4.26. The number of carbonyl (C=O) groups is 1. The van der Waals surface area contributed by atoms with Gasteiger partial charge in [-0.25, -0.2) is 0 Å². The minimum Gasteiger partial charge on any atom is -0.326 e. The lowest BCUT2D eigenvalue weighted by Crippen LogP contribution is -2.03. The van der Waals surface area contributed by atoms with Gasteiger partial charge in [-0.05, 0) is 42.5 Å². The minimum atomic E-state index is 0.122. The van der Waals surface area contributed by atoms with E-state index in [2.05, 4.69) is 31.3 Å². The number of fused-ring (bicyclic) bond motifs is 1. The van der Waals surface area contributed by atoms with Crippen molar-refractivity contribution in [2.45, 2.75) is 39.5 Å². The van der Waals surface area contributed by atoms with Crippen LogP contribution in [0.25, 0.3) is 0 Å². The molecule has 0 bridgehead atoms. The molecule has 1 aromatic carbocycles. The molecule has 80 valence electrons. The normalized spacial score (nSPS) is 13.9. The highest BCUT2D eigenvalue weighted by Gasteiger charge is 2.18. The van der Waals surface area contributed by atoms with Gasteiger partial charge in [-0.15, -0.1) is 0 Å². The zero-order chi connectivity index (χ0) is 10.8. The van der Waals surface area contributed by atoms with Crippen LogP contribution in [0.3, 0.4) is 0 Å². The summed E-state index contributed by atoms with van der Waals surface area (Å²) < 4.78 is 0. The third-order valence-electron chi connectivity index (χ3n) is 2.99. The molecule has 1 N–H and O–H groups in total. The quantitative estimate of drug-likeness (QED) is 0.804. The van der Waals surface area contributed by atoms with Crippen molar-refractivity contribution in [1.82, 2.24) is 0 Å². The van der Waals surface area contributed by atoms with Crippen molar-refractivity contribution >= 4 is 11.6 Å². The molecule has 0 fully saturated rings. The monoisotopic (exact) mass is 203 g/mol. The van der Waals surface area contributed by atoms with E-state index in [0.717, 1.165) is 17.7 Å². The van der Waals surface area contributed by atoms with E-state index in [4.69, 9.17) is 0 Å². The summed E-state index contributed by atoms with van der Waals surface area (Å²) >= 11 is 0. The maximum Gasteiger partial charge on any atom is 0.228 e. The van der Waals surface area contributed by atoms with Crippen molar-refractivity contribution in [3.63, 3.8) is 0 Å².